The number of rotatable bonds is 3. The summed E-state index contributed by atoms with van der Waals surface area (Å²) in [5, 5.41) is 0. The summed E-state index contributed by atoms with van der Waals surface area (Å²) < 4.78 is 10.2. The van der Waals surface area contributed by atoms with Crippen LogP contribution in [0.4, 0.5) is 0 Å². The predicted octanol–water partition coefficient (Wildman–Crippen LogP) is 0.875. The van der Waals surface area contributed by atoms with E-state index >= 15 is 0 Å². The van der Waals surface area contributed by atoms with Crippen molar-refractivity contribution in [2.45, 2.75) is 13.3 Å². The van der Waals surface area contributed by atoms with Gasteiger partial charge in [-0.2, -0.15) is 0 Å². The number of hydrogen-bond donors (Lipinski definition) is 0. The summed E-state index contributed by atoms with van der Waals surface area (Å²) in [6, 6.07) is 0. The molecule has 1 heterocycles. The zero-order chi connectivity index (χ0) is 8.97. The molecule has 1 fully saturated rings. The molecular weight excluding hydrogens is 156 g/mol. The number of ketones is 1. The van der Waals surface area contributed by atoms with Crippen molar-refractivity contribution in [1.29, 1.82) is 0 Å². The largest absolute Gasteiger partial charge is 0.384 e. The van der Waals surface area contributed by atoms with Crippen LogP contribution in [-0.2, 0) is 14.3 Å². The molecule has 2 unspecified atom stereocenters. The quantitative estimate of drug-likeness (QED) is 0.633. The Morgan fingerprint density at radius 3 is 3.08 bits per heavy atom. The standard InChI is InChI=1S/C9H16O3/c1-7(5-11-2)8-6-12-4-3-9(8)10/h7-8H,3-6H2,1-2H3. The minimum atomic E-state index is 0.0544. The number of hydrogen-bond acceptors (Lipinski definition) is 3. The lowest BCUT2D eigenvalue weighted by Gasteiger charge is -2.25. The lowest BCUT2D eigenvalue weighted by atomic mass is 9.89. The van der Waals surface area contributed by atoms with Gasteiger partial charge in [0.15, 0.2) is 0 Å². The molecule has 1 aliphatic heterocycles. The van der Waals surface area contributed by atoms with Crippen LogP contribution in [-0.4, -0.2) is 32.7 Å². The van der Waals surface area contributed by atoms with Crippen LogP contribution < -0.4 is 0 Å². The average molecular weight is 172 g/mol. The Morgan fingerprint density at radius 1 is 1.75 bits per heavy atom. The van der Waals surface area contributed by atoms with Crippen LogP contribution in [0, 0.1) is 11.8 Å². The van der Waals surface area contributed by atoms with Gasteiger partial charge in [0.2, 0.25) is 0 Å². The van der Waals surface area contributed by atoms with Crippen LogP contribution in [0.2, 0.25) is 0 Å². The van der Waals surface area contributed by atoms with Gasteiger partial charge in [-0.3, -0.25) is 4.79 Å². The van der Waals surface area contributed by atoms with E-state index < -0.39 is 0 Å². The third-order valence-electron chi connectivity index (χ3n) is 2.32. The van der Waals surface area contributed by atoms with E-state index in [1.807, 2.05) is 6.92 Å². The van der Waals surface area contributed by atoms with Gasteiger partial charge in [-0.1, -0.05) is 6.92 Å². The van der Waals surface area contributed by atoms with Gasteiger partial charge in [-0.15, -0.1) is 0 Å². The van der Waals surface area contributed by atoms with Crippen molar-refractivity contribution >= 4 is 5.78 Å². The van der Waals surface area contributed by atoms with Gasteiger partial charge in [0, 0.05) is 26.1 Å². The maximum atomic E-state index is 11.4. The van der Waals surface area contributed by atoms with Crippen LogP contribution in [0.25, 0.3) is 0 Å². The predicted molar refractivity (Wildman–Crippen MR) is 45.0 cm³/mol. The highest BCUT2D eigenvalue weighted by Gasteiger charge is 2.27. The van der Waals surface area contributed by atoms with E-state index in [-0.39, 0.29) is 11.8 Å². The molecule has 3 heteroatoms. The Hall–Kier alpha value is -0.410. The van der Waals surface area contributed by atoms with E-state index in [0.29, 0.717) is 32.0 Å². The molecule has 12 heavy (non-hydrogen) atoms. The monoisotopic (exact) mass is 172 g/mol. The molecule has 0 saturated carbocycles. The van der Waals surface area contributed by atoms with Crippen LogP contribution >= 0.6 is 0 Å². The highest BCUT2D eigenvalue weighted by atomic mass is 16.5. The highest BCUT2D eigenvalue weighted by Crippen LogP contribution is 2.19. The molecule has 0 spiro atoms. The second-order valence-electron chi connectivity index (χ2n) is 3.33. The maximum Gasteiger partial charge on any atom is 0.140 e. The molecule has 1 rings (SSSR count). The molecule has 0 amide bonds. The summed E-state index contributed by atoms with van der Waals surface area (Å²) in [5.41, 5.74) is 0. The first-order valence-electron chi connectivity index (χ1n) is 4.35. The summed E-state index contributed by atoms with van der Waals surface area (Å²) >= 11 is 0. The van der Waals surface area contributed by atoms with E-state index in [9.17, 15) is 4.79 Å². The van der Waals surface area contributed by atoms with Crippen molar-refractivity contribution in [2.24, 2.45) is 11.8 Å². The molecule has 2 atom stereocenters. The molecule has 0 aliphatic carbocycles. The first kappa shape index (κ1) is 9.68. The van der Waals surface area contributed by atoms with E-state index in [4.69, 9.17) is 9.47 Å². The molecule has 70 valence electrons. The van der Waals surface area contributed by atoms with Gasteiger partial charge in [-0.05, 0) is 5.92 Å². The SMILES string of the molecule is COCC(C)C1COCCC1=O. The molecule has 0 aromatic carbocycles. The van der Waals surface area contributed by atoms with Crippen molar-refractivity contribution < 1.29 is 14.3 Å². The second kappa shape index (κ2) is 4.58. The van der Waals surface area contributed by atoms with Gasteiger partial charge in [-0.25, -0.2) is 0 Å². The molecule has 0 aromatic heterocycles. The molecule has 0 bridgehead atoms. The van der Waals surface area contributed by atoms with Crippen molar-refractivity contribution in [1.82, 2.24) is 0 Å². The van der Waals surface area contributed by atoms with E-state index in [1.54, 1.807) is 7.11 Å². The normalized spacial score (nSPS) is 27.2. The number of carbonyl (C=O) groups excluding carboxylic acids is 1. The zero-order valence-electron chi connectivity index (χ0n) is 7.71. The topological polar surface area (TPSA) is 35.5 Å². The third kappa shape index (κ3) is 2.29. The molecule has 1 aliphatic rings. The van der Waals surface area contributed by atoms with Gasteiger partial charge in [0.05, 0.1) is 13.2 Å². The van der Waals surface area contributed by atoms with Crippen molar-refractivity contribution in [2.75, 3.05) is 26.9 Å². The molecular formula is C9H16O3. The van der Waals surface area contributed by atoms with Crippen molar-refractivity contribution in [3.63, 3.8) is 0 Å². The van der Waals surface area contributed by atoms with Crippen LogP contribution in [0.3, 0.4) is 0 Å². The van der Waals surface area contributed by atoms with Crippen LogP contribution in [0.1, 0.15) is 13.3 Å². The smallest absolute Gasteiger partial charge is 0.140 e. The van der Waals surface area contributed by atoms with Gasteiger partial charge < -0.3 is 9.47 Å². The van der Waals surface area contributed by atoms with E-state index in [2.05, 4.69) is 0 Å². The highest BCUT2D eigenvalue weighted by molar-refractivity contribution is 5.82. The second-order valence-corrected chi connectivity index (χ2v) is 3.33. The Morgan fingerprint density at radius 2 is 2.50 bits per heavy atom. The summed E-state index contributed by atoms with van der Waals surface area (Å²) in [6.07, 6.45) is 0.568. The minimum Gasteiger partial charge on any atom is -0.384 e. The molecule has 0 radical (unpaired) electrons. The molecule has 0 N–H and O–H groups in total. The number of carbonyl (C=O) groups is 1. The molecule has 3 nitrogen and oxygen atoms in total. The summed E-state index contributed by atoms with van der Waals surface area (Å²) in [4.78, 5) is 11.4. The summed E-state index contributed by atoms with van der Waals surface area (Å²) in [5.74, 6) is 0.660. The Balaban J connectivity index is 2.42. The van der Waals surface area contributed by atoms with E-state index in [0.717, 1.165) is 0 Å². The average Bonchev–Trinajstić information content (AvgIpc) is 2.05. The Kier molecular flexibility index (Phi) is 3.69. The maximum absolute atomic E-state index is 11.4. The number of ether oxygens (including phenoxy) is 2. The first-order chi connectivity index (χ1) is 5.75. The fourth-order valence-corrected chi connectivity index (χ4v) is 1.52. The molecule has 0 aromatic rings. The third-order valence-corrected chi connectivity index (χ3v) is 2.32. The van der Waals surface area contributed by atoms with Gasteiger partial charge in [0.25, 0.3) is 0 Å². The van der Waals surface area contributed by atoms with Crippen LogP contribution in [0.5, 0.6) is 0 Å². The first-order valence-corrected chi connectivity index (χ1v) is 4.35. The fraction of sp³-hybridized carbons (Fsp3) is 0.889. The minimum absolute atomic E-state index is 0.0544. The zero-order valence-corrected chi connectivity index (χ0v) is 7.71. The fourth-order valence-electron chi connectivity index (χ4n) is 1.52. The summed E-state index contributed by atoms with van der Waals surface area (Å²) in [7, 11) is 1.66. The van der Waals surface area contributed by atoms with E-state index in [1.165, 1.54) is 0 Å². The lowest BCUT2D eigenvalue weighted by Crippen LogP contribution is -2.34. The number of Topliss-reactive ketones (excluding diaryl/α,β-unsaturated/α-hetero) is 1. The molecule has 1 saturated heterocycles. The van der Waals surface area contributed by atoms with Crippen molar-refractivity contribution in [3.05, 3.63) is 0 Å². The van der Waals surface area contributed by atoms with Gasteiger partial charge in [0.1, 0.15) is 5.78 Å². The van der Waals surface area contributed by atoms with Gasteiger partial charge >= 0.3 is 0 Å². The lowest BCUT2D eigenvalue weighted by molar-refractivity contribution is -0.133. The summed E-state index contributed by atoms with van der Waals surface area (Å²) in [6.45, 7) is 3.83. The Bertz CT molecular complexity index is 156. The Labute approximate surface area is 73.0 Å². The van der Waals surface area contributed by atoms with Crippen molar-refractivity contribution in [3.8, 4) is 0 Å². The van der Waals surface area contributed by atoms with Crippen LogP contribution in [0.15, 0.2) is 0 Å². The number of methoxy groups -OCH3 is 1.